The fourth-order valence-corrected chi connectivity index (χ4v) is 5.38. The van der Waals surface area contributed by atoms with Crippen LogP contribution in [0.4, 0.5) is 10.5 Å². The molecule has 0 saturated heterocycles. The van der Waals surface area contributed by atoms with Crippen LogP contribution in [-0.4, -0.2) is 40.5 Å². The van der Waals surface area contributed by atoms with E-state index in [1.54, 1.807) is 25.7 Å². The summed E-state index contributed by atoms with van der Waals surface area (Å²) in [7, 11) is 0. The average molecular weight is 614 g/mol. The molecular weight excluding hydrogens is 562 g/mol. The third-order valence-electron chi connectivity index (χ3n) is 7.81. The van der Waals surface area contributed by atoms with Crippen LogP contribution in [0.5, 0.6) is 0 Å². The van der Waals surface area contributed by atoms with Crippen molar-refractivity contribution in [1.82, 2.24) is 10.2 Å². The second-order valence-corrected chi connectivity index (χ2v) is 13.5. The molecule has 0 spiro atoms. The fourth-order valence-electron chi connectivity index (χ4n) is 5.38. The number of amides is 3. The number of aryl methyl sites for hydroxylation is 3. The fraction of sp³-hybridized carbons (Fsp3) is 0.447. The van der Waals surface area contributed by atoms with Gasteiger partial charge in [-0.05, 0) is 89.5 Å². The Morgan fingerprint density at radius 2 is 1.40 bits per heavy atom. The Hall–Kier alpha value is -4.13. The minimum Gasteiger partial charge on any atom is -0.444 e. The van der Waals surface area contributed by atoms with Gasteiger partial charge in [0.15, 0.2) is 0 Å². The van der Waals surface area contributed by atoms with Crippen LogP contribution >= 0.6 is 0 Å². The Bertz CT molecular complexity index is 1410. The van der Waals surface area contributed by atoms with Gasteiger partial charge in [0.25, 0.3) is 5.91 Å². The summed E-state index contributed by atoms with van der Waals surface area (Å²) < 4.78 is 5.59. The maximum Gasteiger partial charge on any atom is 0.408 e. The van der Waals surface area contributed by atoms with E-state index in [1.807, 2.05) is 100 Å². The summed E-state index contributed by atoms with van der Waals surface area (Å²) in [4.78, 5) is 44.1. The van der Waals surface area contributed by atoms with Crippen LogP contribution in [0.1, 0.15) is 88.2 Å². The van der Waals surface area contributed by atoms with Gasteiger partial charge < -0.3 is 20.3 Å². The molecule has 0 aliphatic rings. The number of carbonyl (C=O) groups is 3. The zero-order chi connectivity index (χ0) is 33.3. The summed E-state index contributed by atoms with van der Waals surface area (Å²) in [5.41, 5.74) is 4.49. The van der Waals surface area contributed by atoms with E-state index in [0.29, 0.717) is 17.9 Å². The average Bonchev–Trinajstić information content (AvgIpc) is 2.96. The normalized spacial score (nSPS) is 13.5. The van der Waals surface area contributed by atoms with Gasteiger partial charge in [-0.3, -0.25) is 9.59 Å². The number of alkyl carbamates (subject to hydrolysis) is 1. The summed E-state index contributed by atoms with van der Waals surface area (Å²) in [5, 5.41) is 6.02. The highest BCUT2D eigenvalue weighted by Crippen LogP contribution is 2.31. The molecule has 0 aromatic heterocycles. The number of benzene rings is 3. The molecule has 0 aliphatic carbocycles. The maximum absolute atomic E-state index is 14.9. The van der Waals surface area contributed by atoms with Crippen LogP contribution in [0.2, 0.25) is 0 Å². The van der Waals surface area contributed by atoms with Crippen LogP contribution in [-0.2, 0) is 20.7 Å². The first-order valence-electron chi connectivity index (χ1n) is 16.0. The van der Waals surface area contributed by atoms with Crippen molar-refractivity contribution in [1.29, 1.82) is 0 Å². The monoisotopic (exact) mass is 613 g/mol. The minimum absolute atomic E-state index is 0.242. The number of anilines is 1. The summed E-state index contributed by atoms with van der Waals surface area (Å²) in [6.07, 6.45) is 1.11. The highest BCUT2D eigenvalue weighted by atomic mass is 16.6. The minimum atomic E-state index is -0.968. The number of hydrogen-bond donors (Lipinski definition) is 2. The predicted molar refractivity (Wildman–Crippen MR) is 182 cm³/mol. The van der Waals surface area contributed by atoms with Crippen molar-refractivity contribution >= 4 is 23.6 Å². The zero-order valence-electron chi connectivity index (χ0n) is 28.4. The summed E-state index contributed by atoms with van der Waals surface area (Å²) >= 11 is 0. The topological polar surface area (TPSA) is 87.7 Å². The molecule has 3 amide bonds. The number of carbonyl (C=O) groups excluding carboxylic acids is 3. The molecule has 0 heterocycles. The van der Waals surface area contributed by atoms with E-state index in [4.69, 9.17) is 4.74 Å². The first kappa shape index (κ1) is 35.4. The number of para-hydroxylation sites is 1. The van der Waals surface area contributed by atoms with Crippen molar-refractivity contribution in [3.05, 3.63) is 101 Å². The van der Waals surface area contributed by atoms with Gasteiger partial charge in [-0.25, -0.2) is 4.79 Å². The van der Waals surface area contributed by atoms with E-state index in [1.165, 1.54) is 0 Å². The van der Waals surface area contributed by atoms with Crippen LogP contribution < -0.4 is 10.6 Å². The highest BCUT2D eigenvalue weighted by molar-refractivity contribution is 6.00. The van der Waals surface area contributed by atoms with Crippen LogP contribution in [0, 0.1) is 26.7 Å². The molecule has 7 heteroatoms. The lowest BCUT2D eigenvalue weighted by molar-refractivity contribution is -0.143. The van der Waals surface area contributed by atoms with E-state index < -0.39 is 23.8 Å². The van der Waals surface area contributed by atoms with Crippen LogP contribution in [0.25, 0.3) is 0 Å². The molecule has 45 heavy (non-hydrogen) atoms. The number of hydrogen-bond acceptors (Lipinski definition) is 4. The van der Waals surface area contributed by atoms with Gasteiger partial charge in [0.1, 0.15) is 17.7 Å². The molecule has 3 rings (SSSR count). The number of nitrogens with one attached hydrogen (secondary N) is 2. The maximum atomic E-state index is 14.9. The number of rotatable bonds is 12. The van der Waals surface area contributed by atoms with Gasteiger partial charge >= 0.3 is 6.09 Å². The largest absolute Gasteiger partial charge is 0.444 e. The Morgan fingerprint density at radius 3 is 1.96 bits per heavy atom. The summed E-state index contributed by atoms with van der Waals surface area (Å²) in [5.74, 6) is -0.245. The van der Waals surface area contributed by atoms with E-state index in [2.05, 4.69) is 24.5 Å². The first-order chi connectivity index (χ1) is 21.2. The van der Waals surface area contributed by atoms with Gasteiger partial charge in [-0.2, -0.15) is 0 Å². The molecule has 3 aromatic carbocycles. The summed E-state index contributed by atoms with van der Waals surface area (Å²) in [6.45, 7) is 17.5. The molecule has 2 N–H and O–H groups in total. The molecule has 0 radical (unpaired) electrons. The Morgan fingerprint density at radius 1 is 0.800 bits per heavy atom. The zero-order valence-corrected chi connectivity index (χ0v) is 28.4. The SMILES string of the molecule is Cc1ccc(C(C(=O)Nc2c(C)cccc2C)N(C(=O)C(Cc2ccccc2)NC(=O)OC(C)(C)C)C(C)CCC(C)C)cc1. The third-order valence-corrected chi connectivity index (χ3v) is 7.81. The molecule has 242 valence electrons. The molecule has 3 atom stereocenters. The lowest BCUT2D eigenvalue weighted by Gasteiger charge is -2.39. The number of nitrogens with zero attached hydrogens (tertiary/aromatic N) is 1. The molecule has 0 fully saturated rings. The summed E-state index contributed by atoms with van der Waals surface area (Å²) in [6, 6.07) is 20.9. The molecule has 7 nitrogen and oxygen atoms in total. The highest BCUT2D eigenvalue weighted by Gasteiger charge is 2.39. The Labute approximate surface area is 269 Å². The van der Waals surface area contributed by atoms with Crippen LogP contribution in [0.3, 0.4) is 0 Å². The van der Waals surface area contributed by atoms with Crippen molar-refractivity contribution in [2.45, 2.75) is 105 Å². The molecule has 3 aromatic rings. The smallest absolute Gasteiger partial charge is 0.408 e. The van der Waals surface area contributed by atoms with Crippen molar-refractivity contribution < 1.29 is 19.1 Å². The number of ether oxygens (including phenoxy) is 1. The second-order valence-electron chi connectivity index (χ2n) is 13.5. The van der Waals surface area contributed by atoms with Crippen LogP contribution in [0.15, 0.2) is 72.8 Å². The standard InChI is InChI=1S/C38H51N3O4/c1-25(2)18-21-29(6)41(36(43)32(24-30-16-11-10-12-17-30)39-37(44)45-38(7,8)9)34(31-22-19-26(3)20-23-31)35(42)40-33-27(4)14-13-15-28(33)5/h10-17,19-20,22-23,25,29,32,34H,18,21,24H2,1-9H3,(H,39,44)(H,40,42). The van der Waals surface area contributed by atoms with Gasteiger partial charge in [0.05, 0.1) is 0 Å². The molecule has 0 aliphatic heterocycles. The Kier molecular flexibility index (Phi) is 12.4. The van der Waals surface area contributed by atoms with E-state index in [9.17, 15) is 14.4 Å². The lowest BCUT2D eigenvalue weighted by atomic mass is 9.95. The van der Waals surface area contributed by atoms with E-state index >= 15 is 0 Å². The first-order valence-corrected chi connectivity index (χ1v) is 16.0. The van der Waals surface area contributed by atoms with Gasteiger partial charge in [-0.1, -0.05) is 92.2 Å². The second kappa shape index (κ2) is 15.7. The van der Waals surface area contributed by atoms with Gasteiger partial charge in [0, 0.05) is 18.2 Å². The third kappa shape index (κ3) is 10.5. The van der Waals surface area contributed by atoms with Crippen molar-refractivity contribution in [3.8, 4) is 0 Å². The Balaban J connectivity index is 2.15. The predicted octanol–water partition coefficient (Wildman–Crippen LogP) is 8.08. The molecule has 0 saturated carbocycles. The quantitative estimate of drug-likeness (QED) is 0.216. The molecule has 3 unspecified atom stereocenters. The lowest BCUT2D eigenvalue weighted by Crippen LogP contribution is -2.55. The van der Waals surface area contributed by atoms with E-state index in [-0.39, 0.29) is 24.3 Å². The van der Waals surface area contributed by atoms with E-state index in [0.717, 1.165) is 34.4 Å². The molecule has 0 bridgehead atoms. The van der Waals surface area contributed by atoms with Crippen molar-refractivity contribution in [2.24, 2.45) is 5.92 Å². The van der Waals surface area contributed by atoms with Crippen molar-refractivity contribution in [2.75, 3.05) is 5.32 Å². The van der Waals surface area contributed by atoms with Gasteiger partial charge in [-0.15, -0.1) is 0 Å². The molecular formula is C38H51N3O4. The van der Waals surface area contributed by atoms with Gasteiger partial charge in [0.2, 0.25) is 5.91 Å². The van der Waals surface area contributed by atoms with Crippen molar-refractivity contribution in [3.63, 3.8) is 0 Å².